The molecule has 3 rings (SSSR count). The average molecular weight is 368 g/mol. The Morgan fingerprint density at radius 1 is 1.00 bits per heavy atom. The molecule has 0 atom stereocenters. The van der Waals surface area contributed by atoms with E-state index in [1.807, 2.05) is 37.3 Å². The van der Waals surface area contributed by atoms with Crippen LogP contribution >= 0.6 is 0 Å². The van der Waals surface area contributed by atoms with E-state index >= 15 is 0 Å². The highest BCUT2D eigenvalue weighted by Crippen LogP contribution is 2.29. The minimum Gasteiger partial charge on any atom is -0.493 e. The summed E-state index contributed by atoms with van der Waals surface area (Å²) in [7, 11) is 1.52. The van der Waals surface area contributed by atoms with Gasteiger partial charge in [0.05, 0.1) is 12.7 Å². The zero-order chi connectivity index (χ0) is 19.1. The van der Waals surface area contributed by atoms with Crippen molar-refractivity contribution in [1.82, 2.24) is 10.2 Å². The van der Waals surface area contributed by atoms with Crippen LogP contribution < -0.4 is 9.47 Å². The molecule has 0 radical (unpaired) electrons. The summed E-state index contributed by atoms with van der Waals surface area (Å²) in [5.41, 5.74) is 1.38. The molecule has 0 fully saturated rings. The molecule has 140 valence electrons. The molecule has 0 unspecified atom stereocenters. The molecule has 0 bridgehead atoms. The number of esters is 1. The van der Waals surface area contributed by atoms with Crippen molar-refractivity contribution in [2.45, 2.75) is 26.6 Å². The Bertz CT molecular complexity index is 892. The second-order valence-corrected chi connectivity index (χ2v) is 5.66. The van der Waals surface area contributed by atoms with Crippen LogP contribution in [0.4, 0.5) is 0 Å². The van der Waals surface area contributed by atoms with E-state index in [4.69, 9.17) is 18.6 Å². The number of hydrogen-bond donors (Lipinski definition) is 0. The predicted molar refractivity (Wildman–Crippen MR) is 96.6 cm³/mol. The predicted octanol–water partition coefficient (Wildman–Crippen LogP) is 3.58. The Morgan fingerprint density at radius 3 is 2.48 bits per heavy atom. The summed E-state index contributed by atoms with van der Waals surface area (Å²) in [5.74, 6) is 1.24. The normalized spacial score (nSPS) is 10.4. The van der Waals surface area contributed by atoms with Crippen molar-refractivity contribution in [3.8, 4) is 11.5 Å². The fourth-order valence-electron chi connectivity index (χ4n) is 2.35. The Labute approximate surface area is 156 Å². The molecule has 0 saturated carbocycles. The van der Waals surface area contributed by atoms with Crippen molar-refractivity contribution in [2.75, 3.05) is 7.11 Å². The van der Waals surface area contributed by atoms with Gasteiger partial charge in [0.15, 0.2) is 18.1 Å². The minimum atomic E-state index is -0.515. The second-order valence-electron chi connectivity index (χ2n) is 5.66. The molecule has 0 aliphatic rings. The van der Waals surface area contributed by atoms with Crippen LogP contribution in [0.2, 0.25) is 0 Å². The molecule has 3 aromatic rings. The molecule has 0 N–H and O–H groups in total. The third-order valence-electron chi connectivity index (χ3n) is 3.77. The molecule has 1 heterocycles. The lowest BCUT2D eigenvalue weighted by Gasteiger charge is -2.12. The third-order valence-corrected chi connectivity index (χ3v) is 3.77. The number of rotatable bonds is 8. The van der Waals surface area contributed by atoms with E-state index in [1.165, 1.54) is 7.11 Å². The van der Waals surface area contributed by atoms with Gasteiger partial charge >= 0.3 is 5.97 Å². The number of carbonyl (C=O) groups excluding carboxylic acids is 1. The van der Waals surface area contributed by atoms with E-state index in [9.17, 15) is 4.79 Å². The van der Waals surface area contributed by atoms with Crippen LogP contribution in [0.25, 0.3) is 0 Å². The summed E-state index contributed by atoms with van der Waals surface area (Å²) in [6.45, 7) is 2.22. The van der Waals surface area contributed by atoms with Crippen LogP contribution in [0.3, 0.4) is 0 Å². The molecule has 2 aromatic carbocycles. The number of methoxy groups -OCH3 is 1. The Kier molecular flexibility index (Phi) is 6.04. The lowest BCUT2D eigenvalue weighted by atomic mass is 10.2. The maximum Gasteiger partial charge on any atom is 0.338 e. The van der Waals surface area contributed by atoms with E-state index in [2.05, 4.69) is 10.2 Å². The number of aromatic nitrogens is 2. The summed E-state index contributed by atoms with van der Waals surface area (Å²) in [5, 5.41) is 7.64. The first-order chi connectivity index (χ1) is 13.2. The Morgan fingerprint density at radius 2 is 1.78 bits per heavy atom. The van der Waals surface area contributed by atoms with Crippen molar-refractivity contribution >= 4 is 5.97 Å². The van der Waals surface area contributed by atoms with Crippen LogP contribution in [0.15, 0.2) is 52.9 Å². The molecule has 0 saturated heterocycles. The molecule has 1 aromatic heterocycles. The third kappa shape index (κ3) is 4.84. The number of hydrogen-bond acceptors (Lipinski definition) is 7. The number of ether oxygens (including phenoxy) is 3. The summed E-state index contributed by atoms with van der Waals surface area (Å²) >= 11 is 0. The average Bonchev–Trinajstić information content (AvgIpc) is 3.19. The van der Waals surface area contributed by atoms with Gasteiger partial charge < -0.3 is 18.6 Å². The van der Waals surface area contributed by atoms with Gasteiger partial charge in [-0.25, -0.2) is 4.79 Å². The maximum atomic E-state index is 12.2. The highest BCUT2D eigenvalue weighted by Gasteiger charge is 2.14. The quantitative estimate of drug-likeness (QED) is 0.562. The molecule has 27 heavy (non-hydrogen) atoms. The molecule has 7 nitrogen and oxygen atoms in total. The van der Waals surface area contributed by atoms with Gasteiger partial charge in [0, 0.05) is 6.42 Å². The smallest absolute Gasteiger partial charge is 0.338 e. The lowest BCUT2D eigenvalue weighted by Crippen LogP contribution is -2.06. The number of aryl methyl sites for hydroxylation is 1. The molecular weight excluding hydrogens is 348 g/mol. The number of nitrogens with zero attached hydrogens (tertiary/aromatic N) is 2. The summed E-state index contributed by atoms with van der Waals surface area (Å²) in [6, 6.07) is 14.7. The standard InChI is InChI=1S/C20H20N2O5/c1-3-18-21-22-19(27-18)13-26-20(23)15-9-10-16(17(11-15)24-2)25-12-14-7-5-4-6-8-14/h4-11H,3,12-13H2,1-2H3. The van der Waals surface area contributed by atoms with Gasteiger partial charge in [0.2, 0.25) is 5.89 Å². The number of benzene rings is 2. The van der Waals surface area contributed by atoms with E-state index in [0.717, 1.165) is 5.56 Å². The van der Waals surface area contributed by atoms with E-state index < -0.39 is 5.97 Å². The van der Waals surface area contributed by atoms with Crippen LogP contribution in [-0.4, -0.2) is 23.3 Å². The van der Waals surface area contributed by atoms with Crippen molar-refractivity contribution < 1.29 is 23.4 Å². The molecule has 0 aliphatic heterocycles. The van der Waals surface area contributed by atoms with Gasteiger partial charge in [0.25, 0.3) is 5.89 Å². The van der Waals surface area contributed by atoms with Gasteiger partial charge in [-0.3, -0.25) is 0 Å². The first-order valence-corrected chi connectivity index (χ1v) is 8.52. The number of carbonyl (C=O) groups is 1. The largest absolute Gasteiger partial charge is 0.493 e. The molecule has 7 heteroatoms. The molecule has 0 spiro atoms. The topological polar surface area (TPSA) is 83.7 Å². The maximum absolute atomic E-state index is 12.2. The first-order valence-electron chi connectivity index (χ1n) is 8.52. The fourth-order valence-corrected chi connectivity index (χ4v) is 2.35. The van der Waals surface area contributed by atoms with Gasteiger partial charge in [-0.05, 0) is 23.8 Å². The Balaban J connectivity index is 1.62. The van der Waals surface area contributed by atoms with Crippen LogP contribution in [-0.2, 0) is 24.4 Å². The summed E-state index contributed by atoms with van der Waals surface area (Å²) < 4.78 is 21.6. The highest BCUT2D eigenvalue weighted by atomic mass is 16.5. The first kappa shape index (κ1) is 18.4. The van der Waals surface area contributed by atoms with Crippen molar-refractivity contribution in [1.29, 1.82) is 0 Å². The monoisotopic (exact) mass is 368 g/mol. The summed E-state index contributed by atoms with van der Waals surface area (Å²) in [4.78, 5) is 12.2. The fraction of sp³-hybridized carbons (Fsp3) is 0.250. The van der Waals surface area contributed by atoms with Crippen LogP contribution in [0.5, 0.6) is 11.5 Å². The van der Waals surface area contributed by atoms with Crippen molar-refractivity contribution in [2.24, 2.45) is 0 Å². The van der Waals surface area contributed by atoms with Gasteiger partial charge in [-0.15, -0.1) is 10.2 Å². The zero-order valence-electron chi connectivity index (χ0n) is 15.2. The minimum absolute atomic E-state index is 0.0829. The zero-order valence-corrected chi connectivity index (χ0v) is 15.2. The van der Waals surface area contributed by atoms with Crippen molar-refractivity contribution in [3.63, 3.8) is 0 Å². The van der Waals surface area contributed by atoms with E-state index in [-0.39, 0.29) is 12.5 Å². The van der Waals surface area contributed by atoms with E-state index in [1.54, 1.807) is 18.2 Å². The second kappa shape index (κ2) is 8.84. The summed E-state index contributed by atoms with van der Waals surface area (Å²) in [6.07, 6.45) is 0.628. The SMILES string of the molecule is CCc1nnc(COC(=O)c2ccc(OCc3ccccc3)c(OC)c2)o1. The van der Waals surface area contributed by atoms with Gasteiger partial charge in [0.1, 0.15) is 6.61 Å². The lowest BCUT2D eigenvalue weighted by molar-refractivity contribution is 0.0436. The highest BCUT2D eigenvalue weighted by molar-refractivity contribution is 5.90. The van der Waals surface area contributed by atoms with Crippen molar-refractivity contribution in [3.05, 3.63) is 71.4 Å². The van der Waals surface area contributed by atoms with E-state index in [0.29, 0.717) is 36.0 Å². The molecule has 0 aliphatic carbocycles. The van der Waals surface area contributed by atoms with Crippen LogP contribution in [0, 0.1) is 0 Å². The van der Waals surface area contributed by atoms with Crippen LogP contribution in [0.1, 0.15) is 34.6 Å². The molecule has 0 amide bonds. The van der Waals surface area contributed by atoms with Gasteiger partial charge in [-0.1, -0.05) is 37.3 Å². The Hall–Kier alpha value is -3.35. The molecular formula is C20H20N2O5. The van der Waals surface area contributed by atoms with Gasteiger partial charge in [-0.2, -0.15) is 0 Å².